The van der Waals surface area contributed by atoms with Crippen molar-refractivity contribution in [1.29, 1.82) is 0 Å². The third-order valence-electron chi connectivity index (χ3n) is 8.16. The number of carbonyl (C=O) groups excluding carboxylic acids is 1. The minimum Gasteiger partial charge on any atom is -0.507 e. The number of hydrogen-bond acceptors (Lipinski definition) is 9. The van der Waals surface area contributed by atoms with Crippen molar-refractivity contribution < 1.29 is 28.5 Å². The van der Waals surface area contributed by atoms with Crippen LogP contribution in [0.4, 0.5) is 5.82 Å². The van der Waals surface area contributed by atoms with Gasteiger partial charge in [0.1, 0.15) is 45.8 Å². The van der Waals surface area contributed by atoms with Gasteiger partial charge in [0.05, 0.1) is 6.10 Å². The maximum Gasteiger partial charge on any atom is 0.341 e. The van der Waals surface area contributed by atoms with Crippen molar-refractivity contribution in [2.24, 2.45) is 0 Å². The molecule has 1 spiro atoms. The predicted molar refractivity (Wildman–Crippen MR) is 139 cm³/mol. The van der Waals surface area contributed by atoms with Gasteiger partial charge < -0.3 is 29.5 Å². The molecule has 9 heteroatoms. The molecule has 3 N–H and O–H groups in total. The van der Waals surface area contributed by atoms with Crippen molar-refractivity contribution in [3.63, 3.8) is 0 Å². The van der Waals surface area contributed by atoms with Crippen LogP contribution in [0.5, 0.6) is 11.5 Å². The van der Waals surface area contributed by atoms with Gasteiger partial charge in [-0.2, -0.15) is 0 Å². The van der Waals surface area contributed by atoms with Crippen molar-refractivity contribution in [1.82, 2.24) is 4.98 Å². The first kappa shape index (κ1) is 24.7. The number of phenolic OH excluding ortho intramolecular Hbond substituents is 1. The molecule has 200 valence electrons. The van der Waals surface area contributed by atoms with Gasteiger partial charge in [-0.05, 0) is 70.6 Å². The molecule has 5 heterocycles. The zero-order valence-electron chi connectivity index (χ0n) is 21.8. The number of nitrogen functional groups attached to an aromatic ring is 1. The molecule has 3 aliphatic rings. The maximum atomic E-state index is 13.7. The number of rotatable bonds is 3. The first-order valence-corrected chi connectivity index (χ1v) is 13.2. The molecule has 0 unspecified atom stereocenters. The standard InChI is InChI=1S/C29H32N2O7/c1-15-12-18(32)24-19(35-15)14-20-23(25(24)33)17-6-4-5-10-29(27(34)36-26(17)28(2,3)37-20)21(38-29)8-7-16-9-11-31-22(30)13-16/h9,11-14,17,21,26,33H,4-8,10H2,1-3H3,(H2,30,31)/t17-,21+,26+,29-/m0/s1. The molecule has 0 amide bonds. The summed E-state index contributed by atoms with van der Waals surface area (Å²) in [5.41, 5.74) is 5.42. The van der Waals surface area contributed by atoms with Crippen LogP contribution in [0.3, 0.4) is 0 Å². The summed E-state index contributed by atoms with van der Waals surface area (Å²) in [5.74, 6) is 0.434. The van der Waals surface area contributed by atoms with Crippen LogP contribution in [-0.4, -0.2) is 39.5 Å². The number of nitrogens with zero attached hydrogens (tertiary/aromatic N) is 1. The van der Waals surface area contributed by atoms with Crippen LogP contribution >= 0.6 is 0 Å². The fourth-order valence-electron chi connectivity index (χ4n) is 6.28. The van der Waals surface area contributed by atoms with Gasteiger partial charge in [0.2, 0.25) is 0 Å². The Hall–Kier alpha value is -3.59. The Morgan fingerprint density at radius 3 is 2.79 bits per heavy atom. The SMILES string of the molecule is Cc1cc(=O)c2c(O)c3c(cc2o1)OC(C)(C)[C@@H]1OC(=O)[C@@]2(CCCC[C@@H]31)O[C@@H]2CCc1ccnc(N)c1. The zero-order chi connectivity index (χ0) is 26.8. The number of aromatic nitrogens is 1. The highest BCUT2D eigenvalue weighted by atomic mass is 16.7. The molecule has 2 saturated heterocycles. The molecule has 3 aliphatic heterocycles. The minimum atomic E-state index is -0.978. The highest BCUT2D eigenvalue weighted by molar-refractivity contribution is 5.88. The van der Waals surface area contributed by atoms with E-state index in [-0.39, 0.29) is 34.2 Å². The van der Waals surface area contributed by atoms with Gasteiger partial charge in [0, 0.05) is 29.8 Å². The minimum absolute atomic E-state index is 0.112. The van der Waals surface area contributed by atoms with Crippen molar-refractivity contribution in [3.8, 4) is 11.5 Å². The van der Waals surface area contributed by atoms with Gasteiger partial charge in [-0.1, -0.05) is 6.42 Å². The van der Waals surface area contributed by atoms with E-state index in [0.29, 0.717) is 48.6 Å². The Morgan fingerprint density at radius 1 is 1.18 bits per heavy atom. The van der Waals surface area contributed by atoms with Crippen LogP contribution in [0.2, 0.25) is 0 Å². The Kier molecular flexibility index (Phi) is 5.68. The third-order valence-corrected chi connectivity index (χ3v) is 8.16. The molecule has 3 aromatic rings. The summed E-state index contributed by atoms with van der Waals surface area (Å²) in [4.78, 5) is 30.5. The van der Waals surface area contributed by atoms with Gasteiger partial charge in [0.25, 0.3) is 0 Å². The van der Waals surface area contributed by atoms with Gasteiger partial charge in [-0.25, -0.2) is 9.78 Å². The summed E-state index contributed by atoms with van der Waals surface area (Å²) in [6.45, 7) is 5.43. The monoisotopic (exact) mass is 520 g/mol. The number of nitrogens with two attached hydrogens (primary N) is 1. The van der Waals surface area contributed by atoms with E-state index in [4.69, 9.17) is 24.4 Å². The summed E-state index contributed by atoms with van der Waals surface area (Å²) in [7, 11) is 0. The molecule has 0 aliphatic carbocycles. The number of aryl methyl sites for hydroxylation is 2. The first-order valence-electron chi connectivity index (χ1n) is 13.2. The highest BCUT2D eigenvalue weighted by Gasteiger charge is 2.64. The molecule has 0 saturated carbocycles. The number of phenols is 1. The van der Waals surface area contributed by atoms with Crippen LogP contribution < -0.4 is 15.9 Å². The number of benzene rings is 1. The zero-order valence-corrected chi connectivity index (χ0v) is 21.8. The van der Waals surface area contributed by atoms with E-state index in [1.54, 1.807) is 19.2 Å². The molecule has 0 radical (unpaired) electrons. The molecule has 2 fully saturated rings. The summed E-state index contributed by atoms with van der Waals surface area (Å²) < 4.78 is 24.3. The normalized spacial score (nSPS) is 27.9. The molecule has 1 aromatic carbocycles. The first-order chi connectivity index (χ1) is 18.1. The summed E-state index contributed by atoms with van der Waals surface area (Å²) in [5, 5.41) is 11.4. The highest BCUT2D eigenvalue weighted by Crippen LogP contribution is 2.53. The molecular weight excluding hydrogens is 488 g/mol. The van der Waals surface area contributed by atoms with E-state index in [9.17, 15) is 14.7 Å². The van der Waals surface area contributed by atoms with Crippen molar-refractivity contribution >= 4 is 22.8 Å². The van der Waals surface area contributed by atoms with Crippen molar-refractivity contribution in [2.45, 2.75) is 88.6 Å². The van der Waals surface area contributed by atoms with Gasteiger partial charge in [0.15, 0.2) is 11.0 Å². The van der Waals surface area contributed by atoms with Crippen LogP contribution in [0.1, 0.15) is 68.8 Å². The number of epoxide rings is 1. The lowest BCUT2D eigenvalue weighted by atomic mass is 9.77. The number of hydrogen-bond donors (Lipinski definition) is 2. The van der Waals surface area contributed by atoms with E-state index in [0.717, 1.165) is 18.4 Å². The fraction of sp³-hybridized carbons (Fsp3) is 0.483. The topological polar surface area (TPSA) is 137 Å². The number of fused-ring (bicyclic) bond motifs is 4. The fourth-order valence-corrected chi connectivity index (χ4v) is 6.28. The van der Waals surface area contributed by atoms with Crippen LogP contribution in [0.25, 0.3) is 11.0 Å². The number of ether oxygens (including phenoxy) is 3. The Balaban J connectivity index is 1.31. The lowest BCUT2D eigenvalue weighted by Gasteiger charge is -2.44. The molecule has 6 rings (SSSR count). The maximum absolute atomic E-state index is 13.7. The van der Waals surface area contributed by atoms with Crippen LogP contribution in [0.15, 0.2) is 39.7 Å². The molecule has 9 nitrogen and oxygen atoms in total. The van der Waals surface area contributed by atoms with E-state index >= 15 is 0 Å². The van der Waals surface area contributed by atoms with Gasteiger partial charge in [-0.15, -0.1) is 0 Å². The molecule has 2 aromatic heterocycles. The summed E-state index contributed by atoms with van der Waals surface area (Å²) in [6, 6.07) is 6.77. The third kappa shape index (κ3) is 4.00. The van der Waals surface area contributed by atoms with Crippen molar-refractivity contribution in [2.75, 3.05) is 5.73 Å². The second-order valence-electron chi connectivity index (χ2n) is 11.2. The quantitative estimate of drug-likeness (QED) is 0.382. The Labute approximate surface area is 219 Å². The second kappa shape index (κ2) is 8.73. The van der Waals surface area contributed by atoms with E-state index in [1.807, 2.05) is 26.0 Å². The Bertz CT molecular complexity index is 1500. The van der Waals surface area contributed by atoms with Crippen LogP contribution in [0, 0.1) is 6.92 Å². The number of anilines is 1. The molecule has 0 bridgehead atoms. The summed E-state index contributed by atoms with van der Waals surface area (Å²) >= 11 is 0. The van der Waals surface area contributed by atoms with Gasteiger partial charge >= 0.3 is 5.97 Å². The average molecular weight is 521 g/mol. The number of pyridine rings is 1. The lowest BCUT2D eigenvalue weighted by Crippen LogP contribution is -2.52. The van der Waals surface area contributed by atoms with Crippen LogP contribution in [-0.2, 0) is 20.7 Å². The molecule has 4 atom stereocenters. The number of aromatic hydroxyl groups is 1. The van der Waals surface area contributed by atoms with E-state index < -0.39 is 23.3 Å². The molecule has 38 heavy (non-hydrogen) atoms. The predicted octanol–water partition coefficient (Wildman–Crippen LogP) is 4.30. The number of carbonyl (C=O) groups is 1. The second-order valence-corrected chi connectivity index (χ2v) is 11.2. The van der Waals surface area contributed by atoms with Gasteiger partial charge in [-0.3, -0.25) is 4.79 Å². The molecular formula is C29H32N2O7. The smallest absolute Gasteiger partial charge is 0.341 e. The van der Waals surface area contributed by atoms with E-state index in [1.165, 1.54) is 6.07 Å². The summed E-state index contributed by atoms with van der Waals surface area (Å²) in [6.07, 6.45) is 4.92. The Morgan fingerprint density at radius 2 is 2.00 bits per heavy atom. The number of esters is 1. The average Bonchev–Trinajstić information content (AvgIpc) is 3.53. The lowest BCUT2D eigenvalue weighted by molar-refractivity contribution is -0.170. The largest absolute Gasteiger partial charge is 0.507 e. The van der Waals surface area contributed by atoms with E-state index in [2.05, 4.69) is 4.98 Å². The van der Waals surface area contributed by atoms with Crippen molar-refractivity contribution in [3.05, 3.63) is 57.6 Å².